The number of thiazole rings is 1. The Morgan fingerprint density at radius 2 is 2.00 bits per heavy atom. The van der Waals surface area contributed by atoms with Gasteiger partial charge in [0.1, 0.15) is 6.61 Å². The van der Waals surface area contributed by atoms with E-state index in [1.807, 2.05) is 35.7 Å². The third kappa shape index (κ3) is 5.70. The van der Waals surface area contributed by atoms with Crippen LogP contribution in [0.4, 0.5) is 9.52 Å². The first-order valence-electron chi connectivity index (χ1n) is 10.4. The molecule has 0 radical (unpaired) electrons. The molecule has 4 aromatic rings. The van der Waals surface area contributed by atoms with Gasteiger partial charge in [0, 0.05) is 17.5 Å². The molecule has 0 spiro atoms. The molecule has 174 valence electrons. The number of carbonyl (C=O) groups is 1. The number of halogens is 1. The fourth-order valence-electron chi connectivity index (χ4n) is 3.02. The number of nitrogens with one attached hydrogen (secondary N) is 1. The molecule has 34 heavy (non-hydrogen) atoms. The number of hydrogen-bond acceptors (Lipinski definition) is 7. The summed E-state index contributed by atoms with van der Waals surface area (Å²) in [5, 5.41) is 13.8. The molecule has 0 saturated carbocycles. The molecule has 0 fully saturated rings. The average molecular weight is 496 g/mol. The van der Waals surface area contributed by atoms with E-state index in [0.29, 0.717) is 22.7 Å². The van der Waals surface area contributed by atoms with Crippen LogP contribution in [0.3, 0.4) is 0 Å². The van der Waals surface area contributed by atoms with E-state index in [1.165, 1.54) is 29.2 Å². The van der Waals surface area contributed by atoms with Crippen LogP contribution in [0.5, 0.6) is 5.75 Å². The molecule has 1 unspecified atom stereocenters. The second-order valence-electron chi connectivity index (χ2n) is 7.17. The van der Waals surface area contributed by atoms with E-state index in [4.69, 9.17) is 4.74 Å². The van der Waals surface area contributed by atoms with E-state index in [1.54, 1.807) is 35.8 Å². The SMILES string of the molecule is C=CCn1c(COc2ccccc2F)nnc1SC(C)C(=O)Nc1nc(-c2ccccc2)cs1. The summed E-state index contributed by atoms with van der Waals surface area (Å²) in [7, 11) is 0. The van der Waals surface area contributed by atoms with Gasteiger partial charge in [-0.2, -0.15) is 0 Å². The predicted octanol–water partition coefficient (Wildman–Crippen LogP) is 5.43. The molecule has 7 nitrogen and oxygen atoms in total. The lowest BCUT2D eigenvalue weighted by Gasteiger charge is -2.12. The third-order valence-electron chi connectivity index (χ3n) is 4.75. The van der Waals surface area contributed by atoms with Gasteiger partial charge in [-0.1, -0.05) is 60.3 Å². The first-order valence-corrected chi connectivity index (χ1v) is 12.2. The summed E-state index contributed by atoms with van der Waals surface area (Å²) in [4.78, 5) is 17.3. The monoisotopic (exact) mass is 495 g/mol. The summed E-state index contributed by atoms with van der Waals surface area (Å²) >= 11 is 2.63. The Morgan fingerprint density at radius 1 is 1.24 bits per heavy atom. The second kappa shape index (κ2) is 11.1. The van der Waals surface area contributed by atoms with Crippen molar-refractivity contribution in [2.75, 3.05) is 5.32 Å². The van der Waals surface area contributed by atoms with E-state index >= 15 is 0 Å². The topological polar surface area (TPSA) is 81.9 Å². The Morgan fingerprint density at radius 3 is 2.76 bits per heavy atom. The number of hydrogen-bond donors (Lipinski definition) is 1. The Balaban J connectivity index is 1.40. The minimum absolute atomic E-state index is 0.0320. The van der Waals surface area contributed by atoms with Crippen molar-refractivity contribution in [3.8, 4) is 17.0 Å². The quantitative estimate of drug-likeness (QED) is 0.234. The van der Waals surface area contributed by atoms with Crippen molar-refractivity contribution >= 4 is 34.1 Å². The van der Waals surface area contributed by atoms with Crippen molar-refractivity contribution in [1.82, 2.24) is 19.7 Å². The fourth-order valence-corrected chi connectivity index (χ4v) is 4.62. The minimum atomic E-state index is -0.461. The van der Waals surface area contributed by atoms with Crippen LogP contribution < -0.4 is 10.1 Å². The van der Waals surface area contributed by atoms with Crippen LogP contribution in [0.25, 0.3) is 11.3 Å². The molecular weight excluding hydrogens is 473 g/mol. The zero-order chi connectivity index (χ0) is 23.9. The molecule has 0 aliphatic rings. The molecular formula is C24H22FN5O2S2. The van der Waals surface area contributed by atoms with E-state index in [-0.39, 0.29) is 18.3 Å². The summed E-state index contributed by atoms with van der Waals surface area (Å²) in [5.41, 5.74) is 1.80. The second-order valence-corrected chi connectivity index (χ2v) is 9.34. The summed E-state index contributed by atoms with van der Waals surface area (Å²) in [6.07, 6.45) is 1.70. The van der Waals surface area contributed by atoms with Crippen LogP contribution >= 0.6 is 23.1 Å². The molecule has 0 aliphatic carbocycles. The van der Waals surface area contributed by atoms with Crippen LogP contribution in [-0.4, -0.2) is 30.9 Å². The molecule has 0 aliphatic heterocycles. The highest BCUT2D eigenvalue weighted by molar-refractivity contribution is 8.00. The van der Waals surface area contributed by atoms with Crippen molar-refractivity contribution in [1.29, 1.82) is 0 Å². The standard InChI is InChI=1S/C24H22FN5O2S2/c1-3-13-30-21(14-32-20-12-8-7-11-18(20)25)28-29-24(30)34-16(2)22(31)27-23-26-19(15-33-23)17-9-5-4-6-10-17/h3-12,15-16H,1,13-14H2,2H3,(H,26,27,31). The number of nitrogens with zero attached hydrogens (tertiary/aromatic N) is 4. The number of para-hydroxylation sites is 1. The highest BCUT2D eigenvalue weighted by atomic mass is 32.2. The molecule has 2 aromatic carbocycles. The van der Waals surface area contributed by atoms with Gasteiger partial charge in [0.15, 0.2) is 27.7 Å². The molecule has 1 atom stereocenters. The lowest BCUT2D eigenvalue weighted by atomic mass is 10.2. The minimum Gasteiger partial charge on any atom is -0.483 e. The Hall–Kier alpha value is -3.50. The van der Waals surface area contributed by atoms with Gasteiger partial charge >= 0.3 is 0 Å². The van der Waals surface area contributed by atoms with Crippen LogP contribution in [-0.2, 0) is 17.9 Å². The Kier molecular flexibility index (Phi) is 7.71. The average Bonchev–Trinajstić information content (AvgIpc) is 3.47. The first kappa shape index (κ1) is 23.7. The Labute approximate surface area is 204 Å². The van der Waals surface area contributed by atoms with Gasteiger partial charge in [0.2, 0.25) is 5.91 Å². The summed E-state index contributed by atoms with van der Waals surface area (Å²) in [6, 6.07) is 15.9. The first-order chi connectivity index (χ1) is 16.5. The lowest BCUT2D eigenvalue weighted by molar-refractivity contribution is -0.115. The molecule has 10 heteroatoms. The van der Waals surface area contributed by atoms with Crippen LogP contribution in [0.2, 0.25) is 0 Å². The number of amides is 1. The van der Waals surface area contributed by atoms with Crippen LogP contribution in [0, 0.1) is 5.82 Å². The van der Waals surface area contributed by atoms with Crippen molar-refractivity contribution in [2.45, 2.75) is 30.5 Å². The predicted molar refractivity (Wildman–Crippen MR) is 132 cm³/mol. The fraction of sp³-hybridized carbons (Fsp3) is 0.167. The van der Waals surface area contributed by atoms with Crippen molar-refractivity contribution in [2.24, 2.45) is 0 Å². The van der Waals surface area contributed by atoms with Crippen LogP contribution in [0.15, 0.2) is 77.8 Å². The maximum atomic E-state index is 13.8. The van der Waals surface area contributed by atoms with E-state index in [0.717, 1.165) is 11.3 Å². The number of rotatable bonds is 10. The number of allylic oxidation sites excluding steroid dienone is 1. The number of thioether (sulfide) groups is 1. The molecule has 0 bridgehead atoms. The number of anilines is 1. The summed E-state index contributed by atoms with van der Waals surface area (Å²) < 4.78 is 21.2. The maximum Gasteiger partial charge on any atom is 0.239 e. The number of aromatic nitrogens is 4. The molecule has 0 saturated heterocycles. The number of benzene rings is 2. The van der Waals surface area contributed by atoms with Gasteiger partial charge in [0.05, 0.1) is 10.9 Å². The molecule has 2 heterocycles. The smallest absolute Gasteiger partial charge is 0.239 e. The molecule has 4 rings (SSSR count). The highest BCUT2D eigenvalue weighted by Crippen LogP contribution is 2.27. The largest absolute Gasteiger partial charge is 0.483 e. The molecule has 1 N–H and O–H groups in total. The summed E-state index contributed by atoms with van der Waals surface area (Å²) in [5.74, 6) is -0.00679. The number of carbonyl (C=O) groups excluding carboxylic acids is 1. The van der Waals surface area contributed by atoms with Crippen molar-refractivity contribution in [3.63, 3.8) is 0 Å². The normalized spacial score (nSPS) is 11.7. The van der Waals surface area contributed by atoms with Crippen molar-refractivity contribution < 1.29 is 13.9 Å². The third-order valence-corrected chi connectivity index (χ3v) is 6.59. The van der Waals surface area contributed by atoms with E-state index in [9.17, 15) is 9.18 Å². The van der Waals surface area contributed by atoms with E-state index < -0.39 is 11.1 Å². The maximum absolute atomic E-state index is 13.8. The van der Waals surface area contributed by atoms with Gasteiger partial charge in [-0.25, -0.2) is 9.37 Å². The van der Waals surface area contributed by atoms with Gasteiger partial charge in [-0.05, 0) is 19.1 Å². The van der Waals surface area contributed by atoms with Crippen LogP contribution in [0.1, 0.15) is 12.7 Å². The van der Waals surface area contributed by atoms with Gasteiger partial charge in [-0.3, -0.25) is 9.36 Å². The highest BCUT2D eigenvalue weighted by Gasteiger charge is 2.21. The van der Waals surface area contributed by atoms with Crippen molar-refractivity contribution in [3.05, 3.63) is 84.3 Å². The Bertz CT molecular complexity index is 1280. The zero-order valence-corrected chi connectivity index (χ0v) is 20.0. The zero-order valence-electron chi connectivity index (χ0n) is 18.3. The number of ether oxygens (including phenoxy) is 1. The molecule has 1 amide bonds. The lowest BCUT2D eigenvalue weighted by Crippen LogP contribution is -2.23. The van der Waals surface area contributed by atoms with Gasteiger partial charge in [0.25, 0.3) is 0 Å². The van der Waals surface area contributed by atoms with Gasteiger partial charge in [-0.15, -0.1) is 28.1 Å². The van der Waals surface area contributed by atoms with E-state index in [2.05, 4.69) is 27.1 Å². The van der Waals surface area contributed by atoms with Gasteiger partial charge < -0.3 is 10.1 Å². The summed E-state index contributed by atoms with van der Waals surface area (Å²) in [6.45, 7) is 6.02. The molecule has 2 aromatic heterocycles.